The number of aliphatic hydroxyl groups excluding tert-OH is 14. The van der Waals surface area contributed by atoms with Crippen molar-refractivity contribution in [1.29, 1.82) is 0 Å². The summed E-state index contributed by atoms with van der Waals surface area (Å²) < 4.78 is 43.4. The van der Waals surface area contributed by atoms with Crippen molar-refractivity contribution in [3.8, 4) is 0 Å². The van der Waals surface area contributed by atoms with Crippen LogP contribution >= 0.6 is 0 Å². The molecule has 0 spiro atoms. The second-order valence-corrected chi connectivity index (χ2v) is 16.5. The van der Waals surface area contributed by atoms with Crippen LogP contribution in [-0.2, 0) is 47.5 Å². The maximum absolute atomic E-state index is 13.4. The summed E-state index contributed by atoms with van der Waals surface area (Å²) in [6.45, 7) is 3.42. The van der Waals surface area contributed by atoms with E-state index in [-0.39, 0.29) is 11.1 Å². The second kappa shape index (κ2) is 26.5. The zero-order valence-electron chi connectivity index (χ0n) is 37.5. The average Bonchev–Trinajstić information content (AvgIpc) is 3.31. The molecule has 20 atom stereocenters. The third-order valence-electron chi connectivity index (χ3n) is 11.2. The van der Waals surface area contributed by atoms with Crippen LogP contribution in [0.1, 0.15) is 27.7 Å². The van der Waals surface area contributed by atoms with Crippen LogP contribution in [0.5, 0.6) is 0 Å². The van der Waals surface area contributed by atoms with Crippen LogP contribution in [0.25, 0.3) is 0 Å². The number of aliphatic hydroxyl groups is 14. The fourth-order valence-corrected chi connectivity index (χ4v) is 6.92. The Hall–Kier alpha value is -3.68. The fourth-order valence-electron chi connectivity index (χ4n) is 6.92. The first-order valence-corrected chi connectivity index (χ1v) is 21.5. The number of esters is 2. The summed E-state index contributed by atoms with van der Waals surface area (Å²) in [5.74, 6) is -1.89. The Kier molecular flexibility index (Phi) is 22.2. The smallest absolute Gasteiger partial charge is 0.336 e. The van der Waals surface area contributed by atoms with Gasteiger partial charge >= 0.3 is 11.9 Å². The first-order valence-electron chi connectivity index (χ1n) is 21.5. The number of rotatable bonds is 18. The van der Waals surface area contributed by atoms with Crippen LogP contribution in [0.3, 0.4) is 0 Å². The van der Waals surface area contributed by atoms with Crippen LogP contribution in [0.4, 0.5) is 0 Å². The lowest BCUT2D eigenvalue weighted by atomic mass is 9.97. The summed E-state index contributed by atoms with van der Waals surface area (Å²) in [4.78, 5) is 25.9. The summed E-state index contributed by atoms with van der Waals surface area (Å²) in [7, 11) is 0. The van der Waals surface area contributed by atoms with E-state index in [9.17, 15) is 81.1 Å². The molecule has 0 radical (unpaired) electrons. The molecule has 4 aliphatic rings. The van der Waals surface area contributed by atoms with E-state index in [0.717, 1.165) is 11.1 Å². The molecule has 14 N–H and O–H groups in total. The quantitative estimate of drug-likeness (QED) is 0.0347. The van der Waals surface area contributed by atoms with Crippen molar-refractivity contribution in [2.75, 3.05) is 26.4 Å². The molecule has 4 fully saturated rings. The lowest BCUT2D eigenvalue weighted by Gasteiger charge is -2.46. The molecular formula is C44H64O24. The van der Waals surface area contributed by atoms with E-state index in [2.05, 4.69) is 0 Å². The van der Waals surface area contributed by atoms with Gasteiger partial charge < -0.3 is 109 Å². The minimum atomic E-state index is -2.01. The number of carbonyl (C=O) groups is 2. The number of carbonyl (C=O) groups excluding carboxylic acids is 2. The molecule has 0 unspecified atom stereocenters. The van der Waals surface area contributed by atoms with Gasteiger partial charge in [0.15, 0.2) is 18.7 Å². The Labute approximate surface area is 390 Å². The van der Waals surface area contributed by atoms with Gasteiger partial charge in [-0.3, -0.25) is 0 Å². The molecule has 384 valence electrons. The molecule has 24 heteroatoms. The zero-order chi connectivity index (χ0) is 50.6. The Morgan fingerprint density at radius 3 is 1.25 bits per heavy atom. The molecule has 4 saturated heterocycles. The summed E-state index contributed by atoms with van der Waals surface area (Å²) in [6.07, 6.45) is -18.1. The normalized spacial score (nSPS) is 40.3. The Balaban J connectivity index is 1.38. The van der Waals surface area contributed by atoms with Gasteiger partial charge in [0.1, 0.15) is 91.6 Å². The van der Waals surface area contributed by atoms with Crippen molar-refractivity contribution in [2.45, 2.75) is 151 Å². The van der Waals surface area contributed by atoms with Gasteiger partial charge in [-0.2, -0.15) is 0 Å². The molecule has 4 aliphatic heterocycles. The highest BCUT2D eigenvalue weighted by atomic mass is 16.8. The van der Waals surface area contributed by atoms with Gasteiger partial charge in [-0.15, -0.1) is 0 Å². The minimum Gasteiger partial charge on any atom is -0.429 e. The van der Waals surface area contributed by atoms with Crippen molar-refractivity contribution >= 4 is 11.9 Å². The van der Waals surface area contributed by atoms with Crippen molar-refractivity contribution in [1.82, 2.24) is 0 Å². The molecule has 0 bridgehead atoms. The lowest BCUT2D eigenvalue weighted by Crippen LogP contribution is -2.65. The molecule has 0 aromatic rings. The highest BCUT2D eigenvalue weighted by Gasteiger charge is 2.53. The molecule has 0 aliphatic carbocycles. The second-order valence-electron chi connectivity index (χ2n) is 16.5. The average molecular weight is 977 g/mol. The highest BCUT2D eigenvalue weighted by molar-refractivity contribution is 5.88. The Bertz CT molecular complexity index is 1850. The predicted molar refractivity (Wildman–Crippen MR) is 227 cm³/mol. The third-order valence-corrected chi connectivity index (χ3v) is 11.2. The number of allylic oxidation sites excluding steroid dienone is 12. The van der Waals surface area contributed by atoms with E-state index in [1.54, 1.807) is 56.4 Å². The Morgan fingerprint density at radius 1 is 0.426 bits per heavy atom. The van der Waals surface area contributed by atoms with Crippen LogP contribution in [0, 0.1) is 0 Å². The van der Waals surface area contributed by atoms with E-state index >= 15 is 0 Å². The monoisotopic (exact) mass is 976 g/mol. The topological polar surface area (TPSA) is 391 Å². The first kappa shape index (κ1) is 56.9. The van der Waals surface area contributed by atoms with Crippen molar-refractivity contribution in [3.63, 3.8) is 0 Å². The van der Waals surface area contributed by atoms with Gasteiger partial charge in [-0.05, 0) is 27.7 Å². The number of hydrogen-bond donors (Lipinski definition) is 14. The van der Waals surface area contributed by atoms with Crippen molar-refractivity contribution < 1.29 is 119 Å². The Morgan fingerprint density at radius 2 is 0.794 bits per heavy atom. The van der Waals surface area contributed by atoms with Crippen LogP contribution in [0.15, 0.2) is 83.1 Å². The van der Waals surface area contributed by atoms with E-state index < -0.39 is 161 Å². The summed E-state index contributed by atoms with van der Waals surface area (Å²) in [6, 6.07) is 0. The van der Waals surface area contributed by atoms with Crippen molar-refractivity contribution in [3.05, 3.63) is 83.1 Å². The number of ether oxygens (including phenoxy) is 8. The van der Waals surface area contributed by atoms with Gasteiger partial charge in [0, 0.05) is 11.1 Å². The standard InChI is InChI=1S/C44H64O24/c1-19(11-7-13-21(3)39(59)67-43-37(58)33(54)29(50)25(17-47)64-43)9-5-6-10-20(2)12-8-14-22(4)40(60)68-44-38(66-42-36(57)32(53)28(49)24(16-46)63-42)34(55)30(51)26(65-44)18-61-41-35(56)31(52)27(48)23(15-45)62-41/h5-14,23-38,41-58H,15-18H2,1-4H3/b6-5+,11-7+,12-8+,19-9+,20-10+,21-13+,22-14+/t23-,24-,25-,26-,27-,28-,29-,30-,31+,32+,33+,34+,35-,36-,37-,38-,41-,42+,43+,44+/m1/s1. The summed E-state index contributed by atoms with van der Waals surface area (Å²) in [5, 5.41) is 142. The van der Waals surface area contributed by atoms with Crippen LogP contribution < -0.4 is 0 Å². The van der Waals surface area contributed by atoms with E-state index in [0.29, 0.717) is 0 Å². The summed E-state index contributed by atoms with van der Waals surface area (Å²) >= 11 is 0. The molecule has 68 heavy (non-hydrogen) atoms. The number of hydrogen-bond acceptors (Lipinski definition) is 24. The van der Waals surface area contributed by atoms with E-state index in [4.69, 9.17) is 37.9 Å². The van der Waals surface area contributed by atoms with E-state index in [1.165, 1.54) is 32.1 Å². The molecule has 24 nitrogen and oxygen atoms in total. The van der Waals surface area contributed by atoms with E-state index in [1.807, 2.05) is 0 Å². The summed E-state index contributed by atoms with van der Waals surface area (Å²) in [5.41, 5.74) is 1.64. The van der Waals surface area contributed by atoms with Crippen molar-refractivity contribution in [2.24, 2.45) is 0 Å². The minimum absolute atomic E-state index is 0.00806. The maximum Gasteiger partial charge on any atom is 0.336 e. The molecule has 0 aromatic carbocycles. The molecule has 0 saturated carbocycles. The SMILES string of the molecule is CC(/C=C/C=C(\C)C(=O)O[C@@H]1O[C@H](CO)[C@@H](O)[C@H](O)[C@H]1O)=C\C=C\C=C(C)\C=C\C=C(/C)C(=O)O[C@@H]1O[C@H](CO[C@@H]2O[C@H](CO)[C@@H](O)[C@H](O)[C@H]2O)[C@@H](O)[C@H](O)[C@H]1O[C@@H]1O[C@H](CO)[C@@H](O)[C@H](O)[C@H]1O. The van der Waals surface area contributed by atoms with Gasteiger partial charge in [0.25, 0.3) is 0 Å². The molecule has 4 rings (SSSR count). The third kappa shape index (κ3) is 14.7. The highest BCUT2D eigenvalue weighted by Crippen LogP contribution is 2.32. The predicted octanol–water partition coefficient (Wildman–Crippen LogP) is -5.23. The zero-order valence-corrected chi connectivity index (χ0v) is 37.5. The fraction of sp³-hybridized carbons (Fsp3) is 0.636. The molecule has 4 heterocycles. The first-order chi connectivity index (χ1) is 32.1. The molecule has 0 amide bonds. The van der Waals surface area contributed by atoms with Gasteiger partial charge in [0.2, 0.25) is 12.6 Å². The van der Waals surface area contributed by atoms with Gasteiger partial charge in [-0.25, -0.2) is 9.59 Å². The maximum atomic E-state index is 13.4. The largest absolute Gasteiger partial charge is 0.429 e. The van der Waals surface area contributed by atoms with Gasteiger partial charge in [-0.1, -0.05) is 71.9 Å². The van der Waals surface area contributed by atoms with Crippen LogP contribution in [0.2, 0.25) is 0 Å². The van der Waals surface area contributed by atoms with Gasteiger partial charge in [0.05, 0.1) is 26.4 Å². The molecular weight excluding hydrogens is 912 g/mol. The van der Waals surface area contributed by atoms with Crippen LogP contribution in [-0.4, -0.2) is 233 Å². The lowest BCUT2D eigenvalue weighted by molar-refractivity contribution is -0.367. The molecule has 0 aromatic heterocycles.